The molecule has 0 aromatic rings. The van der Waals surface area contributed by atoms with E-state index in [9.17, 15) is 62.6 Å². The normalized spacial score (nSPS) is 28.7. The Balaban J connectivity index is 0.000000316. The molecule has 0 radical (unpaired) electrons. The van der Waals surface area contributed by atoms with Crippen molar-refractivity contribution in [1.29, 1.82) is 0 Å². The van der Waals surface area contributed by atoms with E-state index >= 15 is 0 Å². The number of hydrogen-bond acceptors (Lipinski definition) is 18. The van der Waals surface area contributed by atoms with Gasteiger partial charge in [0, 0.05) is 19.3 Å². The summed E-state index contributed by atoms with van der Waals surface area (Å²) in [4.78, 5) is 161. The van der Waals surface area contributed by atoms with Crippen LogP contribution in [-0.2, 0) is 86.3 Å². The van der Waals surface area contributed by atoms with E-state index in [1.165, 1.54) is 0 Å². The molecule has 114 heavy (non-hydrogen) atoms. The average Bonchev–Trinajstić information content (AvgIpc) is 1.17. The summed E-state index contributed by atoms with van der Waals surface area (Å²) in [5, 5.41) is 37.7. The van der Waals surface area contributed by atoms with Crippen molar-refractivity contribution in [1.82, 2.24) is 0 Å². The van der Waals surface area contributed by atoms with E-state index in [1.807, 2.05) is 19.1 Å². The number of cyclic esters (lactones) is 8. The fourth-order valence-corrected chi connectivity index (χ4v) is 22.2. The highest BCUT2D eigenvalue weighted by molar-refractivity contribution is 5.98. The summed E-state index contributed by atoms with van der Waals surface area (Å²) in [6, 6.07) is 0. The minimum atomic E-state index is -0.846. The van der Waals surface area contributed by atoms with Gasteiger partial charge in [-0.3, -0.25) is 57.5 Å². The first kappa shape index (κ1) is 94.7. The van der Waals surface area contributed by atoms with Crippen LogP contribution in [0.5, 0.6) is 0 Å². The Bertz CT molecular complexity index is 3150. The number of fused-ring (bicyclic) bond motifs is 2. The smallest absolute Gasteiger partial charge is 0.318 e. The van der Waals surface area contributed by atoms with Gasteiger partial charge >= 0.3 is 71.6 Å². The minimum Gasteiger partial charge on any atom is -0.481 e. The van der Waals surface area contributed by atoms with Gasteiger partial charge in [-0.1, -0.05) is 219 Å². The van der Waals surface area contributed by atoms with Crippen LogP contribution in [0.2, 0.25) is 0 Å². The fourth-order valence-electron chi connectivity index (χ4n) is 22.2. The van der Waals surface area contributed by atoms with Gasteiger partial charge in [0.25, 0.3) is 0 Å². The van der Waals surface area contributed by atoms with Gasteiger partial charge in [-0.05, 0) is 199 Å². The zero-order valence-electron chi connectivity index (χ0n) is 70.2. The monoisotopic (exact) mass is 1600 g/mol. The predicted molar refractivity (Wildman–Crippen MR) is 428 cm³/mol. The van der Waals surface area contributed by atoms with Crippen LogP contribution in [-0.4, -0.2) is 104 Å². The standard InChI is InChI=1S/C48H72O10.C44H70O12/c1-6-7-8-14-18-30(32-28-37(51)57-42(32)52)21-22-31(19-15-12-10-9-11-13-16-20-36(49)50)40-38(29(2)3)33-27-35-46(4)24-17-25-47(5,45(55)56)34(46)23-26-48(35,40)41-39(33)43(53)58-44(41)54;1-3-5-7-15-21-33(37-31-41(49)53-43(37)51)27-29-35(23-17-11-9-13-19-25-39(45)46)55-56-36(24-18-12-10-14-20-26-40(47)48)30-28-34(22-16-8-6-4-2)38-32-42(50)54-44(38)52/h14,18,29-35,38-41H,6-13,15-17,19-28H2,1-5H3,(H,49,50)(H,55,56);15-16,21-22,33-38H,3-14,17-20,23-32H2,1-2H3,(H,45,46)(H,47,48)/b18-14+;21-15+,22-16+. The number of unbranched alkanes of at least 4 members (excludes halogenated alkanes) is 20. The lowest BCUT2D eigenvalue weighted by Crippen LogP contribution is -2.71. The highest BCUT2D eigenvalue weighted by Gasteiger charge is 2.78. The molecule has 22 nitrogen and oxygen atoms in total. The first-order chi connectivity index (χ1) is 54.6. The third kappa shape index (κ3) is 26.8. The molecule has 9 aliphatic rings. The lowest BCUT2D eigenvalue weighted by molar-refractivity contribution is -0.355. The number of allylic oxidation sites excluding steroid dienone is 6. The maximum absolute atomic E-state index is 14.3. The molecule has 2 bridgehead atoms. The van der Waals surface area contributed by atoms with E-state index in [2.05, 4.69) is 65.8 Å². The fraction of sp³-hybridized carbons (Fsp3) is 0.804. The third-order valence-electron chi connectivity index (χ3n) is 27.9. The molecular weight excluding hydrogens is 1460 g/mol. The molecule has 19 unspecified atom stereocenters. The number of ether oxygens (including phenoxy) is 4. The summed E-state index contributed by atoms with van der Waals surface area (Å²) in [5.41, 5.74) is -1.66. The van der Waals surface area contributed by atoms with Crippen LogP contribution in [0, 0.1) is 105 Å². The van der Waals surface area contributed by atoms with Crippen LogP contribution in [0.15, 0.2) is 36.5 Å². The van der Waals surface area contributed by atoms with Crippen LogP contribution < -0.4 is 0 Å². The van der Waals surface area contributed by atoms with Crippen LogP contribution in [0.1, 0.15) is 350 Å². The van der Waals surface area contributed by atoms with Crippen molar-refractivity contribution >= 4 is 71.6 Å². The number of carboxylic acids is 4. The molecule has 4 aliphatic heterocycles. The van der Waals surface area contributed by atoms with E-state index < -0.39 is 100 Å². The second-order valence-electron chi connectivity index (χ2n) is 36.1. The van der Waals surface area contributed by atoms with Crippen molar-refractivity contribution in [3.8, 4) is 0 Å². The summed E-state index contributed by atoms with van der Waals surface area (Å²) in [5.74, 6) is -8.97. The molecular formula is C92H142O22. The van der Waals surface area contributed by atoms with Gasteiger partial charge in [0.2, 0.25) is 0 Å². The van der Waals surface area contributed by atoms with E-state index in [4.69, 9.17) is 44.0 Å². The Kier molecular flexibility index (Phi) is 39.8. The highest BCUT2D eigenvalue weighted by Crippen LogP contribution is 2.79. The molecule has 0 aromatic heterocycles. The molecule has 9 rings (SSSR count). The van der Waals surface area contributed by atoms with Gasteiger partial charge in [0.15, 0.2) is 0 Å². The molecule has 1 spiro atoms. The quantitative estimate of drug-likeness (QED) is 0.00836. The Morgan fingerprint density at radius 1 is 0.447 bits per heavy atom. The number of carbonyl (C=O) groups is 12. The van der Waals surface area contributed by atoms with Crippen molar-refractivity contribution in [2.75, 3.05) is 0 Å². The molecule has 0 amide bonds. The van der Waals surface area contributed by atoms with Gasteiger partial charge in [0.05, 0.1) is 66.5 Å². The zero-order chi connectivity index (χ0) is 83.0. The van der Waals surface area contributed by atoms with Crippen LogP contribution in [0.25, 0.3) is 0 Å². The van der Waals surface area contributed by atoms with Gasteiger partial charge in [0.1, 0.15) is 0 Å². The number of hydrogen-bond donors (Lipinski definition) is 4. The number of carboxylic acid groups (broad SMARTS) is 4. The average molecular weight is 1600 g/mol. The Labute approximate surface area is 679 Å². The highest BCUT2D eigenvalue weighted by atomic mass is 17.2. The van der Waals surface area contributed by atoms with Crippen molar-refractivity contribution < 1.29 is 107 Å². The SMILES string of the molecule is CCCC/C=C/C(CCC(CCCCCCCC(=O)O)OOC(CCCCCCCC(=O)O)CCC(/C=C/CCCC)C1CC(=O)OC1=O)C1CC(=O)OC1=O.CCCC/C=C/C(CCC(CCCCCCCCCC(=O)O)C1C(C(C)C)C2CC3C4(C)CCCC(C)(C(=O)O)C4CCC13C1C(=O)OC(=O)C21)C1CC(=O)OC1=O. The second-order valence-corrected chi connectivity index (χ2v) is 36.1. The Morgan fingerprint density at radius 2 is 0.842 bits per heavy atom. The van der Waals surface area contributed by atoms with Crippen molar-refractivity contribution in [3.05, 3.63) is 36.5 Å². The molecule has 5 aliphatic carbocycles. The first-order valence-electron chi connectivity index (χ1n) is 44.8. The van der Waals surface area contributed by atoms with Crippen LogP contribution in [0.3, 0.4) is 0 Å². The lowest BCUT2D eigenvalue weighted by atomic mass is 9.28. The van der Waals surface area contributed by atoms with Gasteiger partial charge in [-0.2, -0.15) is 0 Å². The minimum absolute atomic E-state index is 0.0246. The second kappa shape index (κ2) is 47.8. The molecule has 0 aromatic carbocycles. The number of esters is 8. The van der Waals surface area contributed by atoms with E-state index in [1.54, 1.807) is 0 Å². The van der Waals surface area contributed by atoms with E-state index in [-0.39, 0.29) is 127 Å². The number of aliphatic carboxylic acids is 4. The molecule has 9 fully saturated rings. The van der Waals surface area contributed by atoms with Crippen molar-refractivity contribution in [2.24, 2.45) is 105 Å². The largest absolute Gasteiger partial charge is 0.481 e. The Hall–Kier alpha value is -6.42. The molecule has 4 heterocycles. The predicted octanol–water partition coefficient (Wildman–Crippen LogP) is 19.7. The number of rotatable bonds is 56. The summed E-state index contributed by atoms with van der Waals surface area (Å²) in [6.45, 7) is 15.2. The maximum atomic E-state index is 14.3. The van der Waals surface area contributed by atoms with Gasteiger partial charge in [-0.15, -0.1) is 0 Å². The van der Waals surface area contributed by atoms with Crippen molar-refractivity contribution in [2.45, 2.75) is 362 Å². The Morgan fingerprint density at radius 3 is 1.22 bits per heavy atom. The third-order valence-corrected chi connectivity index (χ3v) is 27.9. The zero-order valence-corrected chi connectivity index (χ0v) is 70.2. The molecule has 642 valence electrons. The summed E-state index contributed by atoms with van der Waals surface area (Å²) >= 11 is 0. The van der Waals surface area contributed by atoms with Gasteiger partial charge < -0.3 is 39.4 Å². The summed E-state index contributed by atoms with van der Waals surface area (Å²) in [7, 11) is 0. The molecule has 5 saturated carbocycles. The van der Waals surface area contributed by atoms with Crippen LogP contribution >= 0.6 is 0 Å². The maximum Gasteiger partial charge on any atom is 0.318 e. The van der Waals surface area contributed by atoms with Crippen molar-refractivity contribution in [3.63, 3.8) is 0 Å². The van der Waals surface area contributed by atoms with Crippen LogP contribution in [0.4, 0.5) is 0 Å². The van der Waals surface area contributed by atoms with E-state index in [0.29, 0.717) is 83.5 Å². The topological polar surface area (TPSA) is 341 Å². The molecule has 22 heteroatoms. The molecule has 19 atom stereocenters. The van der Waals surface area contributed by atoms with Gasteiger partial charge in [-0.25, -0.2) is 9.78 Å². The first-order valence-corrected chi connectivity index (χ1v) is 44.8. The summed E-state index contributed by atoms with van der Waals surface area (Å²) < 4.78 is 20.6. The molecule has 4 N–H and O–H groups in total. The van der Waals surface area contributed by atoms with E-state index in [0.717, 1.165) is 180 Å². The lowest BCUT2D eigenvalue weighted by Gasteiger charge is -2.74. The summed E-state index contributed by atoms with van der Waals surface area (Å²) in [6.07, 6.45) is 47.7. The molecule has 4 saturated heterocycles. The number of carbonyl (C=O) groups excluding carboxylic acids is 8.